The highest BCUT2D eigenvalue weighted by molar-refractivity contribution is 6.42. The highest BCUT2D eigenvalue weighted by Crippen LogP contribution is 2.26. The number of amides is 1. The summed E-state index contributed by atoms with van der Waals surface area (Å²) in [6, 6.07) is 26.3. The zero-order chi connectivity index (χ0) is 26.4. The molecule has 0 saturated heterocycles. The van der Waals surface area contributed by atoms with Crippen LogP contribution in [-0.2, 0) is 17.6 Å². The molecule has 4 rings (SSSR count). The zero-order valence-corrected chi connectivity index (χ0v) is 21.8. The predicted octanol–water partition coefficient (Wildman–Crippen LogP) is 7.46. The van der Waals surface area contributed by atoms with Crippen molar-refractivity contribution in [2.45, 2.75) is 25.8 Å². The molecule has 188 valence electrons. The third-order valence-electron chi connectivity index (χ3n) is 6.33. The summed E-state index contributed by atoms with van der Waals surface area (Å²) in [4.78, 5) is 24.1. The first-order chi connectivity index (χ1) is 17.8. The topological polar surface area (TPSA) is 66.4 Å². The molecule has 0 spiro atoms. The Labute approximate surface area is 226 Å². The van der Waals surface area contributed by atoms with Gasteiger partial charge in [0.05, 0.1) is 22.0 Å². The molecular weight excluding hydrogens is 505 g/mol. The van der Waals surface area contributed by atoms with Crippen LogP contribution < -0.4 is 5.32 Å². The van der Waals surface area contributed by atoms with E-state index < -0.39 is 5.97 Å². The van der Waals surface area contributed by atoms with E-state index in [-0.39, 0.29) is 29.9 Å². The lowest BCUT2D eigenvalue weighted by atomic mass is 9.91. The van der Waals surface area contributed by atoms with Crippen molar-refractivity contribution in [1.29, 1.82) is 0 Å². The number of rotatable bonds is 9. The molecule has 4 aromatic carbocycles. The van der Waals surface area contributed by atoms with Gasteiger partial charge in [0, 0.05) is 12.0 Å². The molecule has 6 heteroatoms. The molecule has 1 amide bonds. The second kappa shape index (κ2) is 12.1. The van der Waals surface area contributed by atoms with Crippen LogP contribution in [0.25, 0.3) is 16.8 Å². The minimum absolute atomic E-state index is 0.0296. The van der Waals surface area contributed by atoms with E-state index in [0.717, 1.165) is 16.5 Å². The number of fused-ring (bicyclic) bond motifs is 1. The summed E-state index contributed by atoms with van der Waals surface area (Å²) >= 11 is 12.4. The number of hydrogen-bond acceptors (Lipinski definition) is 2. The third-order valence-corrected chi connectivity index (χ3v) is 7.07. The van der Waals surface area contributed by atoms with Crippen LogP contribution in [0.1, 0.15) is 34.0 Å². The molecular formula is C31H27Cl2NO3. The van der Waals surface area contributed by atoms with Crippen molar-refractivity contribution >= 4 is 51.9 Å². The average Bonchev–Trinajstić information content (AvgIpc) is 2.88. The Hall–Kier alpha value is -3.60. The van der Waals surface area contributed by atoms with Gasteiger partial charge in [0.15, 0.2) is 0 Å². The van der Waals surface area contributed by atoms with Crippen molar-refractivity contribution in [1.82, 2.24) is 5.32 Å². The van der Waals surface area contributed by atoms with Gasteiger partial charge in [-0.3, -0.25) is 4.79 Å². The van der Waals surface area contributed by atoms with Crippen molar-refractivity contribution < 1.29 is 14.7 Å². The Bertz CT molecular complexity index is 1460. The van der Waals surface area contributed by atoms with Crippen LogP contribution in [0.5, 0.6) is 0 Å². The maximum absolute atomic E-state index is 12.9. The summed E-state index contributed by atoms with van der Waals surface area (Å²) in [5.41, 5.74) is 2.89. The number of benzene rings is 4. The number of carbonyl (C=O) groups is 2. The summed E-state index contributed by atoms with van der Waals surface area (Å²) in [7, 11) is 0. The highest BCUT2D eigenvalue weighted by Gasteiger charge is 2.19. The molecule has 0 unspecified atom stereocenters. The number of carboxylic acid groups (broad SMARTS) is 1. The fraction of sp³-hybridized carbons (Fsp3) is 0.161. The van der Waals surface area contributed by atoms with E-state index in [0.29, 0.717) is 22.0 Å². The largest absolute Gasteiger partial charge is 0.478 e. The summed E-state index contributed by atoms with van der Waals surface area (Å²) in [5.74, 6) is -1.22. The molecule has 37 heavy (non-hydrogen) atoms. The summed E-state index contributed by atoms with van der Waals surface area (Å²) in [6.45, 7) is 1.97. The first-order valence-electron chi connectivity index (χ1n) is 12.0. The van der Waals surface area contributed by atoms with Gasteiger partial charge in [-0.25, -0.2) is 4.79 Å². The zero-order valence-electron chi connectivity index (χ0n) is 20.3. The van der Waals surface area contributed by atoms with Gasteiger partial charge in [-0.15, -0.1) is 0 Å². The van der Waals surface area contributed by atoms with E-state index in [1.54, 1.807) is 18.2 Å². The molecule has 0 saturated carbocycles. The number of carbonyl (C=O) groups excluding carboxylic acids is 1. The molecule has 0 aromatic heterocycles. The van der Waals surface area contributed by atoms with Crippen LogP contribution in [0.2, 0.25) is 10.0 Å². The van der Waals surface area contributed by atoms with Crippen LogP contribution in [0.4, 0.5) is 0 Å². The first kappa shape index (κ1) is 26.5. The van der Waals surface area contributed by atoms with Crippen LogP contribution in [-0.4, -0.2) is 23.0 Å². The van der Waals surface area contributed by atoms with Gasteiger partial charge in [0.2, 0.25) is 5.91 Å². The van der Waals surface area contributed by atoms with Gasteiger partial charge < -0.3 is 10.4 Å². The quantitative estimate of drug-likeness (QED) is 0.235. The molecule has 0 heterocycles. The van der Waals surface area contributed by atoms with Crippen molar-refractivity contribution in [3.8, 4) is 0 Å². The van der Waals surface area contributed by atoms with Gasteiger partial charge in [-0.2, -0.15) is 0 Å². The van der Waals surface area contributed by atoms with Crippen LogP contribution >= 0.6 is 23.2 Å². The Morgan fingerprint density at radius 3 is 2.41 bits per heavy atom. The molecule has 0 bridgehead atoms. The first-order valence-corrected chi connectivity index (χ1v) is 12.8. The van der Waals surface area contributed by atoms with Gasteiger partial charge in [0.1, 0.15) is 0 Å². The van der Waals surface area contributed by atoms with Gasteiger partial charge in [0.25, 0.3) is 0 Å². The number of halogens is 2. The van der Waals surface area contributed by atoms with Crippen LogP contribution in [0.3, 0.4) is 0 Å². The van der Waals surface area contributed by atoms with E-state index in [2.05, 4.69) is 47.8 Å². The van der Waals surface area contributed by atoms with Crippen LogP contribution in [0, 0.1) is 5.92 Å². The molecule has 4 aromatic rings. The summed E-state index contributed by atoms with van der Waals surface area (Å²) in [5, 5.41) is 15.7. The van der Waals surface area contributed by atoms with Gasteiger partial charge in [-0.05, 0) is 71.1 Å². The molecule has 2 N–H and O–H groups in total. The molecule has 4 nitrogen and oxygen atoms in total. The monoisotopic (exact) mass is 531 g/mol. The highest BCUT2D eigenvalue weighted by atomic mass is 35.5. The van der Waals surface area contributed by atoms with Crippen molar-refractivity contribution in [2.24, 2.45) is 5.92 Å². The number of carboxylic acids is 1. The normalized spacial score (nSPS) is 12.9. The van der Waals surface area contributed by atoms with E-state index in [4.69, 9.17) is 23.2 Å². The fourth-order valence-electron chi connectivity index (χ4n) is 4.31. The number of aromatic carboxylic acids is 1. The van der Waals surface area contributed by atoms with Gasteiger partial charge in [-0.1, -0.05) is 90.0 Å². The van der Waals surface area contributed by atoms with E-state index in [1.807, 2.05) is 31.2 Å². The van der Waals surface area contributed by atoms with Gasteiger partial charge >= 0.3 is 5.97 Å². The predicted molar refractivity (Wildman–Crippen MR) is 151 cm³/mol. The maximum atomic E-state index is 12.9. The molecule has 0 aliphatic carbocycles. The van der Waals surface area contributed by atoms with E-state index in [9.17, 15) is 14.7 Å². The van der Waals surface area contributed by atoms with Crippen molar-refractivity contribution in [3.05, 3.63) is 123 Å². The Morgan fingerprint density at radius 2 is 1.65 bits per heavy atom. The van der Waals surface area contributed by atoms with Crippen LogP contribution in [0.15, 0.2) is 91.0 Å². The van der Waals surface area contributed by atoms with Crippen molar-refractivity contribution in [3.63, 3.8) is 0 Å². The lowest BCUT2D eigenvalue weighted by Crippen LogP contribution is -2.39. The van der Waals surface area contributed by atoms with E-state index in [1.165, 1.54) is 17.5 Å². The lowest BCUT2D eigenvalue weighted by Gasteiger charge is -2.23. The second-order valence-corrected chi connectivity index (χ2v) is 9.94. The molecule has 0 aliphatic rings. The molecule has 2 atom stereocenters. The lowest BCUT2D eigenvalue weighted by molar-refractivity contribution is -0.121. The maximum Gasteiger partial charge on any atom is 0.335 e. The Kier molecular flexibility index (Phi) is 8.65. The fourth-order valence-corrected chi connectivity index (χ4v) is 4.63. The minimum atomic E-state index is -1.02. The molecule has 0 fully saturated rings. The minimum Gasteiger partial charge on any atom is -0.478 e. The van der Waals surface area contributed by atoms with Crippen molar-refractivity contribution in [2.75, 3.05) is 0 Å². The third kappa shape index (κ3) is 7.22. The summed E-state index contributed by atoms with van der Waals surface area (Å²) in [6.07, 6.45) is 4.94. The van der Waals surface area contributed by atoms with E-state index >= 15 is 0 Å². The number of nitrogens with one attached hydrogen (secondary N) is 1. The smallest absolute Gasteiger partial charge is 0.335 e. The summed E-state index contributed by atoms with van der Waals surface area (Å²) < 4.78 is 0. The standard InChI is InChI=1S/C31H27Cl2NO3/c1-20(34-30(35)19-22-5-4-8-27(17-22)31(36)37)25(16-23-11-14-28(32)29(33)18-23)13-10-21-9-12-24-6-2-3-7-26(24)15-21/h2-15,17-18,20,25H,16,19H2,1H3,(H,34,35)(H,36,37)/b13-10+/t20-,25+/m0/s1. The SMILES string of the molecule is C[C@H](NC(=O)Cc1cccc(C(=O)O)c1)[C@H](/C=C/c1ccc2ccccc2c1)Cc1ccc(Cl)c(Cl)c1. The molecule has 0 aliphatic heterocycles. The Morgan fingerprint density at radius 1 is 0.865 bits per heavy atom. The Balaban J connectivity index is 1.53. The average molecular weight is 532 g/mol. The second-order valence-electron chi connectivity index (χ2n) is 9.12. The number of hydrogen-bond donors (Lipinski definition) is 2. The molecule has 0 radical (unpaired) electrons.